The van der Waals surface area contributed by atoms with Gasteiger partial charge in [0.15, 0.2) is 0 Å². The number of hydrogen-bond acceptors (Lipinski definition) is 0. The molecule has 7 rings (SSSR count). The van der Waals surface area contributed by atoms with Crippen LogP contribution in [0.3, 0.4) is 0 Å². The molecule has 1 atom stereocenters. The molecule has 36 heavy (non-hydrogen) atoms. The van der Waals surface area contributed by atoms with Crippen molar-refractivity contribution in [2.75, 3.05) is 0 Å². The molecule has 0 aromatic heterocycles. The second kappa shape index (κ2) is 15.5. The van der Waals surface area contributed by atoms with Gasteiger partial charge in [-0.05, 0) is 36.3 Å². The third-order valence-corrected chi connectivity index (χ3v) is 7.17. The molecule has 0 radical (unpaired) electrons. The first-order valence-corrected chi connectivity index (χ1v) is 12.4. The minimum absolute atomic E-state index is 0. The van der Waals surface area contributed by atoms with Crippen LogP contribution in [0, 0.1) is 12.0 Å². The van der Waals surface area contributed by atoms with E-state index >= 15 is 0 Å². The Morgan fingerprint density at radius 3 is 2.17 bits per heavy atom. The maximum atomic E-state index is 3.30. The zero-order valence-corrected chi connectivity index (χ0v) is 25.7. The Morgan fingerprint density at radius 2 is 1.42 bits per heavy atom. The monoisotopic (exact) mass is 678 g/mol. The maximum absolute atomic E-state index is 3.30. The third kappa shape index (κ3) is 7.37. The van der Waals surface area contributed by atoms with Gasteiger partial charge in [0.1, 0.15) is 0 Å². The van der Waals surface area contributed by atoms with Gasteiger partial charge in [0.25, 0.3) is 0 Å². The van der Waals surface area contributed by atoms with E-state index in [1.165, 1.54) is 59.9 Å². The molecule has 0 spiro atoms. The summed E-state index contributed by atoms with van der Waals surface area (Å²) in [6.45, 7) is 0. The number of rotatable bonds is 1. The molecule has 0 aliphatic heterocycles. The Kier molecular flexibility index (Phi) is 13.1. The van der Waals surface area contributed by atoms with Gasteiger partial charge >= 0.3 is 25.8 Å². The first-order chi connectivity index (χ1) is 16.4. The third-order valence-electron chi connectivity index (χ3n) is 7.17. The molecule has 1 unspecified atom stereocenters. The quantitative estimate of drug-likeness (QED) is 0.189. The Hall–Kier alpha value is -1.80. The minimum Gasteiger partial charge on any atom is -1.00 e. The van der Waals surface area contributed by atoms with Crippen LogP contribution in [-0.2, 0) is 32.3 Å². The molecule has 4 aromatic rings. The summed E-state index contributed by atoms with van der Waals surface area (Å²) in [5.41, 5.74) is 8.54. The molecule has 3 heteroatoms. The molecule has 0 saturated heterocycles. The number of allylic oxidation sites excluding steroid dienone is 1. The van der Waals surface area contributed by atoms with E-state index < -0.39 is 0 Å². The minimum atomic E-state index is 0. The largest absolute Gasteiger partial charge is 4.00 e. The van der Waals surface area contributed by atoms with Gasteiger partial charge in [-0.3, -0.25) is 0 Å². The summed E-state index contributed by atoms with van der Waals surface area (Å²) in [6, 6.07) is 37.0. The van der Waals surface area contributed by atoms with Crippen LogP contribution in [0.5, 0.6) is 0 Å². The Morgan fingerprint density at radius 1 is 0.722 bits per heavy atom. The summed E-state index contributed by atoms with van der Waals surface area (Å²) in [4.78, 5) is 0. The molecule has 1 fully saturated rings. The number of fused-ring (bicyclic) bond motifs is 4. The van der Waals surface area contributed by atoms with Crippen molar-refractivity contribution in [3.8, 4) is 11.1 Å². The van der Waals surface area contributed by atoms with Crippen molar-refractivity contribution in [1.82, 2.24) is 0 Å². The molecule has 3 aliphatic rings. The summed E-state index contributed by atoms with van der Waals surface area (Å²) in [5, 5.41) is 0. The van der Waals surface area contributed by atoms with Crippen LogP contribution >= 0.6 is 0 Å². The number of benzene rings is 3. The van der Waals surface area contributed by atoms with Crippen LogP contribution in [0.4, 0.5) is 0 Å². The van der Waals surface area contributed by atoms with Crippen molar-refractivity contribution in [2.24, 2.45) is 5.92 Å². The molecule has 0 heterocycles. The summed E-state index contributed by atoms with van der Waals surface area (Å²) >= 11 is 0. The fraction of sp³-hybridized carbons (Fsp3) is 0.242. The van der Waals surface area contributed by atoms with E-state index in [-0.39, 0.29) is 50.7 Å². The topological polar surface area (TPSA) is 0 Å². The van der Waals surface area contributed by atoms with E-state index in [0.717, 1.165) is 18.3 Å². The fourth-order valence-electron chi connectivity index (χ4n) is 5.50. The molecule has 0 bridgehead atoms. The average Bonchev–Trinajstić information content (AvgIpc) is 3.66. The van der Waals surface area contributed by atoms with E-state index in [0.29, 0.717) is 0 Å². The summed E-state index contributed by atoms with van der Waals surface area (Å²) in [7, 11) is 0. The molecule has 0 N–H and O–H groups in total. The van der Waals surface area contributed by atoms with Gasteiger partial charge in [-0.1, -0.05) is 91.1 Å². The van der Waals surface area contributed by atoms with Gasteiger partial charge in [-0.15, -0.1) is 5.56 Å². The van der Waals surface area contributed by atoms with Gasteiger partial charge in [-0.2, -0.15) is 48.0 Å². The van der Waals surface area contributed by atoms with Crippen LogP contribution in [0.15, 0.2) is 103 Å². The van der Waals surface area contributed by atoms with Crippen molar-refractivity contribution in [1.29, 1.82) is 0 Å². The molecule has 1 saturated carbocycles. The first kappa shape index (κ1) is 30.4. The van der Waals surface area contributed by atoms with Crippen molar-refractivity contribution >= 4 is 6.08 Å². The maximum Gasteiger partial charge on any atom is 4.00 e. The standard InChI is InChI=1S/C15H18.C13H9.C5H5.2ClH.Hf/c1-2-6-12(7-3-1)15-11-10-13-8-4-5-9-14(13)15;1-3-7-12-10(5-1)9-11-6-2-4-8-13(11)12;1-2-4-5-3-1;;;/h4-5,8-12,15H,1-3,6-7H2;1-5,7-8H,9H2;1-5H;2*1H;/q;2*-1;;;+4/p-2. The molecule has 182 valence electrons. The van der Waals surface area contributed by atoms with E-state index in [2.05, 4.69) is 78.9 Å². The van der Waals surface area contributed by atoms with Gasteiger partial charge in [-0.25, -0.2) is 12.1 Å². The predicted molar refractivity (Wildman–Crippen MR) is 140 cm³/mol. The van der Waals surface area contributed by atoms with Gasteiger partial charge in [0, 0.05) is 5.92 Å². The summed E-state index contributed by atoms with van der Waals surface area (Å²) in [5.74, 6) is 1.64. The normalized spacial score (nSPS) is 16.2. The van der Waals surface area contributed by atoms with Crippen LogP contribution in [-0.4, -0.2) is 0 Å². The SMILES string of the molecule is C1=CC(C2CCCCC2)c2ccccc21.[Cl-].[Cl-].[Hf+4].[c-]1cccc2c1Cc1ccccc1-2.c1cc[cH-]c1. The fourth-order valence-corrected chi connectivity index (χ4v) is 5.50. The van der Waals surface area contributed by atoms with Gasteiger partial charge in [0.05, 0.1) is 0 Å². The zero-order chi connectivity index (χ0) is 22.3. The predicted octanol–water partition coefficient (Wildman–Crippen LogP) is 2.85. The Bertz CT molecular complexity index is 1130. The van der Waals surface area contributed by atoms with Crippen LogP contribution in [0.2, 0.25) is 0 Å². The smallest absolute Gasteiger partial charge is 1.00 e. The Balaban J connectivity index is 0.000000200. The van der Waals surface area contributed by atoms with Crippen LogP contribution in [0.1, 0.15) is 60.3 Å². The second-order valence-electron chi connectivity index (χ2n) is 9.27. The van der Waals surface area contributed by atoms with Crippen LogP contribution in [0.25, 0.3) is 17.2 Å². The number of hydrogen-bond donors (Lipinski definition) is 0. The van der Waals surface area contributed by atoms with E-state index in [1.807, 2.05) is 36.4 Å². The second-order valence-corrected chi connectivity index (χ2v) is 9.27. The van der Waals surface area contributed by atoms with E-state index in [4.69, 9.17) is 0 Å². The molecule has 0 amide bonds. The average molecular weight is 678 g/mol. The number of halogens is 2. The van der Waals surface area contributed by atoms with Gasteiger partial charge < -0.3 is 24.8 Å². The molecule has 3 aliphatic carbocycles. The molecular weight excluding hydrogens is 646 g/mol. The molecular formula is C33H32Cl2Hf. The van der Waals surface area contributed by atoms with Crippen LogP contribution < -0.4 is 24.8 Å². The van der Waals surface area contributed by atoms with Crippen molar-refractivity contribution in [3.63, 3.8) is 0 Å². The van der Waals surface area contributed by atoms with Crippen molar-refractivity contribution in [3.05, 3.63) is 131 Å². The summed E-state index contributed by atoms with van der Waals surface area (Å²) in [6.07, 6.45) is 13.0. The zero-order valence-electron chi connectivity index (χ0n) is 20.5. The van der Waals surface area contributed by atoms with Crippen molar-refractivity contribution in [2.45, 2.75) is 44.4 Å². The van der Waals surface area contributed by atoms with E-state index in [1.54, 1.807) is 5.56 Å². The first-order valence-electron chi connectivity index (χ1n) is 12.4. The molecule has 4 aromatic carbocycles. The summed E-state index contributed by atoms with van der Waals surface area (Å²) < 4.78 is 0. The Labute approximate surface area is 248 Å². The van der Waals surface area contributed by atoms with Crippen molar-refractivity contribution < 1.29 is 50.7 Å². The van der Waals surface area contributed by atoms with E-state index in [9.17, 15) is 0 Å². The van der Waals surface area contributed by atoms with Gasteiger partial charge in [0.2, 0.25) is 0 Å². The molecule has 0 nitrogen and oxygen atoms in total.